The fourth-order valence-electron chi connectivity index (χ4n) is 4.90. The molecular formula is C37H67N5O9P2S4. The Bertz CT molecular complexity index is 1380. The number of nitrogens with zero attached hydrogens (tertiary/aromatic N) is 5. The second kappa shape index (κ2) is 35.6. The van der Waals surface area contributed by atoms with Gasteiger partial charge in [-0.3, -0.25) is 18.9 Å². The molecule has 0 aliphatic carbocycles. The summed E-state index contributed by atoms with van der Waals surface area (Å²) in [6.45, 7) is 3.60. The van der Waals surface area contributed by atoms with Gasteiger partial charge in [0.25, 0.3) is 0 Å². The maximum absolute atomic E-state index is 12.7. The largest absolute Gasteiger partial charge is 0.481 e. The number of carboxylic acid groups (broad SMARTS) is 1. The highest BCUT2D eigenvalue weighted by Crippen LogP contribution is 2.48. The van der Waals surface area contributed by atoms with Crippen molar-refractivity contribution in [3.05, 3.63) is 48.8 Å². The lowest BCUT2D eigenvalue weighted by Gasteiger charge is -2.28. The molecule has 0 aliphatic rings. The summed E-state index contributed by atoms with van der Waals surface area (Å²) in [6.07, 6.45) is 10.7. The molecular weight excluding hydrogens is 849 g/mol. The average molecular weight is 916 g/mol. The first-order valence-corrected chi connectivity index (χ1v) is 27.9. The van der Waals surface area contributed by atoms with E-state index in [-0.39, 0.29) is 63.4 Å². The molecule has 2 aromatic heterocycles. The molecule has 0 radical (unpaired) electrons. The Morgan fingerprint density at radius 2 is 1.07 bits per heavy atom. The summed E-state index contributed by atoms with van der Waals surface area (Å²) in [6, 6.07) is 11.6. The van der Waals surface area contributed by atoms with Gasteiger partial charge in [0.15, 0.2) is 14.6 Å². The Morgan fingerprint density at radius 3 is 1.46 bits per heavy atom. The van der Waals surface area contributed by atoms with E-state index in [2.05, 4.69) is 16.9 Å². The van der Waals surface area contributed by atoms with Gasteiger partial charge in [-0.2, -0.15) is 0 Å². The third kappa shape index (κ3) is 28.1. The second-order valence-corrected chi connectivity index (χ2v) is 24.3. The summed E-state index contributed by atoms with van der Waals surface area (Å²) in [5.74, 6) is 1.11. The lowest BCUT2D eigenvalue weighted by molar-refractivity contribution is -0.137. The van der Waals surface area contributed by atoms with Crippen molar-refractivity contribution in [2.45, 2.75) is 68.3 Å². The zero-order chi connectivity index (χ0) is 42.8. The number of aromatic nitrogens is 2. The van der Waals surface area contributed by atoms with Crippen LogP contribution in [0.15, 0.2) is 58.8 Å². The fraction of sp³-hybridized carbons (Fsp3) is 0.676. The van der Waals surface area contributed by atoms with Gasteiger partial charge in [0, 0.05) is 88.1 Å². The quantitative estimate of drug-likeness (QED) is 0.0314. The molecule has 5 N–H and O–H groups in total. The molecule has 20 heteroatoms. The number of hydrogen-bond donors (Lipinski definition) is 5. The van der Waals surface area contributed by atoms with Gasteiger partial charge in [-0.15, -0.1) is 0 Å². The molecule has 0 unspecified atom stereocenters. The lowest BCUT2D eigenvalue weighted by atomic mass is 10.2. The van der Waals surface area contributed by atoms with Gasteiger partial charge in [-0.25, -0.2) is 9.97 Å². The van der Waals surface area contributed by atoms with E-state index >= 15 is 0 Å². The van der Waals surface area contributed by atoms with E-state index in [0.717, 1.165) is 53.8 Å². The van der Waals surface area contributed by atoms with Crippen LogP contribution in [0.2, 0.25) is 0 Å². The maximum atomic E-state index is 12.7. The lowest BCUT2D eigenvalue weighted by Crippen LogP contribution is -2.30. The molecule has 1 amide bonds. The molecule has 57 heavy (non-hydrogen) atoms. The van der Waals surface area contributed by atoms with Crippen LogP contribution in [0.5, 0.6) is 0 Å². The molecule has 0 spiro atoms. The Kier molecular flexibility index (Phi) is 34.9. The van der Waals surface area contributed by atoms with Crippen molar-refractivity contribution in [2.24, 2.45) is 0 Å². The average Bonchev–Trinajstić information content (AvgIpc) is 3.19. The minimum absolute atomic E-state index is 0.0740. The third-order valence-corrected chi connectivity index (χ3v) is 19.5. The smallest absolute Gasteiger partial charge is 0.303 e. The van der Waals surface area contributed by atoms with E-state index < -0.39 is 20.6 Å². The molecule has 2 aromatic rings. The number of carbonyl (C=O) groups excluding carboxylic acids is 1. The zero-order valence-electron chi connectivity index (χ0n) is 34.1. The van der Waals surface area contributed by atoms with Crippen LogP contribution in [0.1, 0.15) is 58.3 Å². The topological polar surface area (TPSA) is 205 Å². The van der Waals surface area contributed by atoms with Crippen LogP contribution < -0.4 is 0 Å². The van der Waals surface area contributed by atoms with Gasteiger partial charge >= 0.3 is 5.97 Å². The summed E-state index contributed by atoms with van der Waals surface area (Å²) < 4.78 is 28.6. The molecule has 0 fully saturated rings. The van der Waals surface area contributed by atoms with Crippen LogP contribution in [0.3, 0.4) is 0 Å². The number of amides is 1. The Labute approximate surface area is 356 Å². The number of aliphatic carboxylic acids is 1. The number of rotatable bonds is 30. The van der Waals surface area contributed by atoms with E-state index in [1.54, 1.807) is 79.2 Å². The van der Waals surface area contributed by atoms with Crippen LogP contribution in [0.25, 0.3) is 0 Å². The van der Waals surface area contributed by atoms with Crippen molar-refractivity contribution < 1.29 is 44.3 Å². The van der Waals surface area contributed by atoms with E-state index in [9.17, 15) is 18.7 Å². The van der Waals surface area contributed by atoms with Crippen molar-refractivity contribution >= 4 is 69.6 Å². The highest BCUT2D eigenvalue weighted by atomic mass is 33.1. The summed E-state index contributed by atoms with van der Waals surface area (Å²) in [5, 5.41) is 46.3. The molecule has 0 aromatic carbocycles. The molecule has 2 rings (SSSR count). The zero-order valence-corrected chi connectivity index (χ0v) is 39.2. The predicted octanol–water partition coefficient (Wildman–Crippen LogP) is 6.70. The van der Waals surface area contributed by atoms with E-state index in [0.29, 0.717) is 32.4 Å². The number of pyridine rings is 2. The minimum Gasteiger partial charge on any atom is -0.481 e. The number of aliphatic hydroxyl groups is 4. The predicted molar refractivity (Wildman–Crippen MR) is 241 cm³/mol. The monoisotopic (exact) mass is 915 g/mol. The van der Waals surface area contributed by atoms with Gasteiger partial charge in [0.2, 0.25) is 5.91 Å². The molecule has 0 bridgehead atoms. The third-order valence-electron chi connectivity index (χ3n) is 8.33. The SMILES string of the molecule is CCCCCN(C)P(=O)(CCO)CCO.CN(CCCN(C)P(=O)(CCO)CCO)C(=O)CCCSSc1ccccn1.O=C(O)CCCSSc1ccccn1. The van der Waals surface area contributed by atoms with E-state index in [1.807, 2.05) is 48.1 Å². The summed E-state index contributed by atoms with van der Waals surface area (Å²) in [5.41, 5.74) is 0. The number of unbranched alkanes of at least 4 members (excludes halogenated alkanes) is 2. The molecule has 328 valence electrons. The maximum Gasteiger partial charge on any atom is 0.303 e. The summed E-state index contributed by atoms with van der Waals surface area (Å²) >= 11 is 0. The van der Waals surface area contributed by atoms with Gasteiger partial charge < -0.3 is 39.6 Å². The molecule has 2 heterocycles. The first kappa shape index (κ1) is 55.9. The Balaban J connectivity index is 0.000000910. The van der Waals surface area contributed by atoms with Crippen LogP contribution >= 0.6 is 57.8 Å². The molecule has 14 nitrogen and oxygen atoms in total. The number of carbonyl (C=O) groups is 2. The molecule has 0 atom stereocenters. The number of carboxylic acids is 1. The highest BCUT2D eigenvalue weighted by Gasteiger charge is 2.27. The standard InChI is InChI=1S/C18H32N3O4PS2.C10H24NO3P.C9H11NO2S2/c1-20(10-6-11-21(2)26(25,14-12-22)15-13-23)18(24)8-5-16-27-28-17-7-3-4-9-19-17;1-3-4-5-6-11(2)15(14,9-7-12)10-8-13;11-9(12)5-3-7-13-14-8-4-1-2-6-10-8/h3-4,7,9,22-23H,5-6,8,10-16H2,1-2H3;12-13H,3-10H2,1-2H3;1-2,4,6H,3,5,7H2,(H,11,12). The van der Waals surface area contributed by atoms with Gasteiger partial charge in [0.05, 0.1) is 26.4 Å². The van der Waals surface area contributed by atoms with Crippen molar-refractivity contribution in [3.63, 3.8) is 0 Å². The highest BCUT2D eigenvalue weighted by molar-refractivity contribution is 8.77. The van der Waals surface area contributed by atoms with Gasteiger partial charge in [-0.1, -0.05) is 53.5 Å². The van der Waals surface area contributed by atoms with Crippen molar-refractivity contribution in [2.75, 3.05) is 103 Å². The van der Waals surface area contributed by atoms with E-state index in [4.69, 9.17) is 25.5 Å². The van der Waals surface area contributed by atoms with Crippen LogP contribution in [0.4, 0.5) is 0 Å². The van der Waals surface area contributed by atoms with Crippen molar-refractivity contribution in [1.29, 1.82) is 0 Å². The van der Waals surface area contributed by atoms with Crippen molar-refractivity contribution in [1.82, 2.24) is 24.2 Å². The number of hydrogen-bond acceptors (Lipinski definition) is 14. The van der Waals surface area contributed by atoms with Crippen LogP contribution in [-0.4, -0.2) is 165 Å². The van der Waals surface area contributed by atoms with Crippen molar-refractivity contribution in [3.8, 4) is 0 Å². The Morgan fingerprint density at radius 1 is 0.632 bits per heavy atom. The molecule has 0 aliphatic heterocycles. The van der Waals surface area contributed by atoms with E-state index in [1.165, 1.54) is 0 Å². The van der Waals surface area contributed by atoms with Crippen LogP contribution in [-0.2, 0) is 18.7 Å². The minimum atomic E-state index is -2.73. The first-order chi connectivity index (χ1) is 27.3. The second-order valence-electron chi connectivity index (χ2n) is 12.9. The first-order valence-electron chi connectivity index (χ1n) is 19.2. The Hall–Kier alpha value is -1.14. The molecule has 0 saturated heterocycles. The normalized spacial score (nSPS) is 11.5. The fourth-order valence-corrected chi connectivity index (χ4v) is 12.9. The number of aliphatic hydroxyl groups excluding tert-OH is 4. The van der Waals surface area contributed by atoms with Gasteiger partial charge in [-0.05, 0) is 85.6 Å². The summed E-state index contributed by atoms with van der Waals surface area (Å²) in [7, 11) is 6.67. The molecule has 0 saturated carbocycles. The van der Waals surface area contributed by atoms with Crippen LogP contribution in [0, 0.1) is 0 Å². The summed E-state index contributed by atoms with van der Waals surface area (Å²) in [4.78, 5) is 32.5. The van der Waals surface area contributed by atoms with Gasteiger partial charge in [0.1, 0.15) is 10.1 Å².